The maximum absolute atomic E-state index is 9.28. The predicted molar refractivity (Wildman–Crippen MR) is 58.8 cm³/mol. The highest BCUT2D eigenvalue weighted by atomic mass is 16.9. The first-order valence-electron chi connectivity index (χ1n) is 6.16. The molecule has 3 saturated heterocycles. The third-order valence-corrected chi connectivity index (χ3v) is 3.34. The van der Waals surface area contributed by atoms with Crippen LogP contribution in [0.3, 0.4) is 0 Å². The van der Waals surface area contributed by atoms with E-state index in [1.165, 1.54) is 0 Å². The Labute approximate surface area is 106 Å². The molecule has 18 heavy (non-hydrogen) atoms. The van der Waals surface area contributed by atoms with Gasteiger partial charge in [0.25, 0.3) is 0 Å². The molecule has 3 heterocycles. The molecule has 3 rings (SSSR count). The van der Waals surface area contributed by atoms with Gasteiger partial charge in [0.15, 0.2) is 17.9 Å². The zero-order chi connectivity index (χ0) is 13.1. The molecule has 103 valence electrons. The molecule has 1 unspecified atom stereocenters. The molecule has 0 aromatic heterocycles. The van der Waals surface area contributed by atoms with E-state index >= 15 is 0 Å². The Morgan fingerprint density at radius 1 is 0.833 bits per heavy atom. The van der Waals surface area contributed by atoms with Crippen molar-refractivity contribution in [2.75, 3.05) is 0 Å². The van der Waals surface area contributed by atoms with Crippen LogP contribution in [-0.2, 0) is 23.7 Å². The molecule has 0 amide bonds. The molecule has 1 radical (unpaired) electrons. The minimum Gasteiger partial charge on any atom is -0.387 e. The monoisotopic (exact) mass is 259 g/mol. The van der Waals surface area contributed by atoms with Gasteiger partial charge in [-0.3, -0.25) is 0 Å². The van der Waals surface area contributed by atoms with Gasteiger partial charge in [0.2, 0.25) is 0 Å². The fourth-order valence-electron chi connectivity index (χ4n) is 2.76. The predicted octanol–water partition coefficient (Wildman–Crippen LogP) is 0.917. The zero-order valence-corrected chi connectivity index (χ0v) is 11.0. The van der Waals surface area contributed by atoms with E-state index in [0.29, 0.717) is 0 Å². The van der Waals surface area contributed by atoms with Gasteiger partial charge in [0.05, 0.1) is 0 Å². The van der Waals surface area contributed by atoms with E-state index in [9.17, 15) is 5.11 Å². The summed E-state index contributed by atoms with van der Waals surface area (Å²) >= 11 is 0. The van der Waals surface area contributed by atoms with Gasteiger partial charge >= 0.3 is 0 Å². The molecule has 6 heteroatoms. The van der Waals surface area contributed by atoms with Crippen LogP contribution in [0.5, 0.6) is 0 Å². The Bertz CT molecular complexity index is 341. The summed E-state index contributed by atoms with van der Waals surface area (Å²) in [6.07, 6.45) is -2.16. The van der Waals surface area contributed by atoms with E-state index in [1.807, 2.05) is 27.7 Å². The minimum absolute atomic E-state index is 0.311. The summed E-state index contributed by atoms with van der Waals surface area (Å²) in [6, 6.07) is 0. The molecule has 0 spiro atoms. The summed E-state index contributed by atoms with van der Waals surface area (Å²) in [7, 11) is 0. The molecular formula is C12H19O6. The van der Waals surface area contributed by atoms with Crippen LogP contribution >= 0.6 is 0 Å². The highest BCUT2D eigenvalue weighted by molar-refractivity contribution is 5.01. The highest BCUT2D eigenvalue weighted by Gasteiger charge is 2.60. The molecule has 3 aliphatic heterocycles. The fourth-order valence-corrected chi connectivity index (χ4v) is 2.76. The first-order valence-corrected chi connectivity index (χ1v) is 6.16. The molecule has 1 N–H and O–H groups in total. The first kappa shape index (κ1) is 12.8. The van der Waals surface area contributed by atoms with E-state index in [2.05, 4.69) is 0 Å². The minimum atomic E-state index is -0.722. The van der Waals surface area contributed by atoms with Gasteiger partial charge < -0.3 is 28.8 Å². The standard InChI is InChI=1S/C12H19O6/c1-11(2)15-7-6(5-13)14-10-9(8(7)16-11)17-12(3,4)18-10/h5-10,13H,1-4H3/t6-,7+,8+,9-,10?/m1/s1. The quantitative estimate of drug-likeness (QED) is 0.755. The van der Waals surface area contributed by atoms with Crippen molar-refractivity contribution in [3.8, 4) is 0 Å². The topological polar surface area (TPSA) is 66.4 Å². The average molecular weight is 259 g/mol. The Balaban J connectivity index is 1.86. The van der Waals surface area contributed by atoms with Crippen LogP contribution in [0, 0.1) is 6.61 Å². The van der Waals surface area contributed by atoms with E-state index < -0.39 is 24.0 Å². The van der Waals surface area contributed by atoms with Crippen molar-refractivity contribution >= 4 is 0 Å². The lowest BCUT2D eigenvalue weighted by Crippen LogP contribution is -2.55. The average Bonchev–Trinajstić information content (AvgIpc) is 2.71. The second kappa shape index (κ2) is 3.88. The Morgan fingerprint density at radius 3 is 2.06 bits per heavy atom. The number of aliphatic hydroxyl groups excluding tert-OH is 1. The Hall–Kier alpha value is -0.240. The first-order chi connectivity index (χ1) is 8.31. The number of fused-ring (bicyclic) bond motifs is 3. The molecule has 0 aromatic carbocycles. The van der Waals surface area contributed by atoms with E-state index in [-0.39, 0.29) is 18.3 Å². The van der Waals surface area contributed by atoms with Gasteiger partial charge in [-0.2, -0.15) is 0 Å². The molecule has 0 aromatic rings. The maximum Gasteiger partial charge on any atom is 0.190 e. The van der Waals surface area contributed by atoms with Gasteiger partial charge in [-0.25, -0.2) is 0 Å². The van der Waals surface area contributed by atoms with E-state index in [4.69, 9.17) is 23.7 Å². The van der Waals surface area contributed by atoms with Crippen molar-refractivity contribution in [1.29, 1.82) is 0 Å². The molecule has 5 atom stereocenters. The number of aliphatic hydroxyl groups is 1. The maximum atomic E-state index is 9.28. The van der Waals surface area contributed by atoms with Gasteiger partial charge in [-0.1, -0.05) is 0 Å². The SMILES string of the molecule is CC1(C)O[C@@H]2[C@H](O1)[C@H]1OC(C)(C)OC1O[C@@H]2[CH]O. The molecule has 3 fully saturated rings. The van der Waals surface area contributed by atoms with Gasteiger partial charge in [-0.15, -0.1) is 0 Å². The largest absolute Gasteiger partial charge is 0.387 e. The molecule has 6 nitrogen and oxygen atoms in total. The molecule has 0 saturated carbocycles. The zero-order valence-electron chi connectivity index (χ0n) is 11.0. The van der Waals surface area contributed by atoms with Crippen LogP contribution in [0.25, 0.3) is 0 Å². The third kappa shape index (κ3) is 1.97. The van der Waals surface area contributed by atoms with Crippen LogP contribution in [0.4, 0.5) is 0 Å². The van der Waals surface area contributed by atoms with Crippen molar-refractivity contribution < 1.29 is 28.8 Å². The van der Waals surface area contributed by atoms with Gasteiger partial charge in [-0.05, 0) is 27.7 Å². The van der Waals surface area contributed by atoms with Crippen molar-refractivity contribution in [3.63, 3.8) is 0 Å². The summed E-state index contributed by atoms with van der Waals surface area (Å²) in [5.74, 6) is -1.44. The lowest BCUT2D eigenvalue weighted by atomic mass is 9.99. The van der Waals surface area contributed by atoms with Crippen LogP contribution in [-0.4, -0.2) is 47.4 Å². The number of rotatable bonds is 1. The second-order valence-corrected chi connectivity index (χ2v) is 5.78. The number of hydrogen-bond donors (Lipinski definition) is 1. The van der Waals surface area contributed by atoms with E-state index in [0.717, 1.165) is 6.61 Å². The Morgan fingerprint density at radius 2 is 1.39 bits per heavy atom. The fraction of sp³-hybridized carbons (Fsp3) is 0.917. The molecule has 0 bridgehead atoms. The van der Waals surface area contributed by atoms with Crippen LogP contribution in [0.15, 0.2) is 0 Å². The normalized spacial score (nSPS) is 48.8. The molecule has 3 aliphatic rings. The lowest BCUT2D eigenvalue weighted by molar-refractivity contribution is -0.231. The van der Waals surface area contributed by atoms with Crippen molar-refractivity contribution in [1.82, 2.24) is 0 Å². The van der Waals surface area contributed by atoms with Crippen molar-refractivity contribution in [2.24, 2.45) is 0 Å². The number of hydrogen-bond acceptors (Lipinski definition) is 6. The van der Waals surface area contributed by atoms with Crippen LogP contribution in [0.2, 0.25) is 0 Å². The van der Waals surface area contributed by atoms with Crippen LogP contribution in [0.1, 0.15) is 27.7 Å². The Kier molecular flexibility index (Phi) is 2.75. The molecule has 0 aliphatic carbocycles. The highest BCUT2D eigenvalue weighted by Crippen LogP contribution is 2.44. The second-order valence-electron chi connectivity index (χ2n) is 5.78. The van der Waals surface area contributed by atoms with Crippen molar-refractivity contribution in [3.05, 3.63) is 6.61 Å². The third-order valence-electron chi connectivity index (χ3n) is 3.34. The number of ether oxygens (including phenoxy) is 5. The van der Waals surface area contributed by atoms with E-state index in [1.54, 1.807) is 0 Å². The molecular weight excluding hydrogens is 240 g/mol. The summed E-state index contributed by atoms with van der Waals surface area (Å²) in [5.41, 5.74) is 0. The van der Waals surface area contributed by atoms with Crippen LogP contribution < -0.4 is 0 Å². The van der Waals surface area contributed by atoms with Gasteiger partial charge in [0, 0.05) is 0 Å². The van der Waals surface area contributed by atoms with Gasteiger partial charge in [0.1, 0.15) is 31.0 Å². The van der Waals surface area contributed by atoms with Crippen molar-refractivity contribution in [2.45, 2.75) is 70.0 Å². The smallest absolute Gasteiger partial charge is 0.190 e. The lowest BCUT2D eigenvalue weighted by Gasteiger charge is -2.36. The summed E-state index contributed by atoms with van der Waals surface area (Å²) in [4.78, 5) is 0. The summed E-state index contributed by atoms with van der Waals surface area (Å²) < 4.78 is 28.7. The summed E-state index contributed by atoms with van der Waals surface area (Å²) in [6.45, 7) is 8.28. The summed E-state index contributed by atoms with van der Waals surface area (Å²) in [5, 5.41) is 9.28.